The van der Waals surface area contributed by atoms with E-state index in [9.17, 15) is 13.6 Å². The van der Waals surface area contributed by atoms with Crippen LogP contribution in [0.4, 0.5) is 8.78 Å². The number of rotatable bonds is 3. The Kier molecular flexibility index (Phi) is 3.62. The maximum Gasteiger partial charge on any atom is 0.396 e. The van der Waals surface area contributed by atoms with Gasteiger partial charge in [-0.1, -0.05) is 0 Å². The molecule has 82 valence electrons. The van der Waals surface area contributed by atoms with Gasteiger partial charge in [-0.15, -0.1) is 0 Å². The first-order chi connectivity index (χ1) is 6.93. The molecule has 3 nitrogen and oxygen atoms in total. The maximum absolute atomic E-state index is 12.4. The summed E-state index contributed by atoms with van der Waals surface area (Å²) in [6.07, 6.45) is 0. The van der Waals surface area contributed by atoms with E-state index in [0.717, 1.165) is 0 Å². The Bertz CT molecular complexity index is 345. The van der Waals surface area contributed by atoms with Crippen molar-refractivity contribution in [1.29, 1.82) is 0 Å². The van der Waals surface area contributed by atoms with Gasteiger partial charge in [-0.05, 0) is 24.3 Å². The van der Waals surface area contributed by atoms with E-state index < -0.39 is 10.8 Å². The molecule has 1 aromatic carbocycles. The predicted molar refractivity (Wildman–Crippen MR) is 52.5 cm³/mol. The molecule has 0 saturated heterocycles. The van der Waals surface area contributed by atoms with Crippen molar-refractivity contribution in [3.05, 3.63) is 24.3 Å². The number of ether oxygens (including phenoxy) is 2. The Morgan fingerprint density at radius 1 is 1.27 bits per heavy atom. The fraction of sp³-hybridized carbons (Fsp3) is 0.222. The summed E-state index contributed by atoms with van der Waals surface area (Å²) in [5.41, 5.74) is 0. The molecule has 15 heavy (non-hydrogen) atoms. The number of methoxy groups -OCH3 is 1. The Morgan fingerprint density at radius 2 is 1.73 bits per heavy atom. The third-order valence-electron chi connectivity index (χ3n) is 1.50. The minimum Gasteiger partial charge on any atom is -0.497 e. The number of hydrogen-bond donors (Lipinski definition) is 0. The van der Waals surface area contributed by atoms with E-state index in [0.29, 0.717) is 5.75 Å². The van der Waals surface area contributed by atoms with Gasteiger partial charge in [0, 0.05) is 15.9 Å². The molecule has 0 aliphatic heterocycles. The van der Waals surface area contributed by atoms with E-state index >= 15 is 0 Å². The second-order valence-corrected chi connectivity index (χ2v) is 3.56. The molecule has 0 bridgehead atoms. The lowest BCUT2D eigenvalue weighted by molar-refractivity contribution is -0.149. The van der Waals surface area contributed by atoms with Crippen LogP contribution in [0.15, 0.2) is 24.3 Å². The molecule has 6 heteroatoms. The molecule has 1 aromatic rings. The summed E-state index contributed by atoms with van der Waals surface area (Å²) in [6.45, 7) is 0. The molecule has 0 aliphatic rings. The lowest BCUT2D eigenvalue weighted by atomic mass is 10.3. The zero-order chi connectivity index (χ0) is 11.5. The Balaban J connectivity index is 2.70. The van der Waals surface area contributed by atoms with E-state index in [1.165, 1.54) is 31.4 Å². The molecular formula is C9H7BrF2O3. The van der Waals surface area contributed by atoms with Crippen molar-refractivity contribution >= 4 is 21.9 Å². The van der Waals surface area contributed by atoms with Crippen molar-refractivity contribution in [2.45, 2.75) is 4.83 Å². The standard InChI is InChI=1S/C9H7BrF2O3/c1-14-6-2-4-7(5-3-6)15-8(13)9(10,11)12/h2-5H,1H3. The zero-order valence-corrected chi connectivity index (χ0v) is 9.25. The first-order valence-corrected chi connectivity index (χ1v) is 4.66. The summed E-state index contributed by atoms with van der Waals surface area (Å²) in [5.74, 6) is -1.09. The average molecular weight is 281 g/mol. The molecule has 0 heterocycles. The molecule has 0 saturated carbocycles. The van der Waals surface area contributed by atoms with Gasteiger partial charge in [0.05, 0.1) is 7.11 Å². The first-order valence-electron chi connectivity index (χ1n) is 3.86. The summed E-state index contributed by atoms with van der Waals surface area (Å²) in [4.78, 5) is 7.06. The van der Waals surface area contributed by atoms with E-state index in [-0.39, 0.29) is 5.75 Å². The fourth-order valence-electron chi connectivity index (χ4n) is 0.809. The molecule has 0 atom stereocenters. The monoisotopic (exact) mass is 280 g/mol. The summed E-state index contributed by atoms with van der Waals surface area (Å²) in [7, 11) is 1.47. The Labute approximate surface area is 93.1 Å². The Morgan fingerprint density at radius 3 is 2.13 bits per heavy atom. The summed E-state index contributed by atoms with van der Waals surface area (Å²) >= 11 is 1.90. The number of halogens is 3. The molecule has 0 fully saturated rings. The van der Waals surface area contributed by atoms with Crippen molar-refractivity contribution in [2.75, 3.05) is 7.11 Å². The van der Waals surface area contributed by atoms with Gasteiger partial charge < -0.3 is 9.47 Å². The van der Waals surface area contributed by atoms with Gasteiger partial charge >= 0.3 is 10.8 Å². The highest BCUT2D eigenvalue weighted by atomic mass is 79.9. The second-order valence-electron chi connectivity index (χ2n) is 2.56. The number of esters is 1. The van der Waals surface area contributed by atoms with E-state index in [4.69, 9.17) is 4.74 Å². The van der Waals surface area contributed by atoms with Crippen LogP contribution in [0.2, 0.25) is 0 Å². The van der Waals surface area contributed by atoms with Gasteiger partial charge in [0.1, 0.15) is 11.5 Å². The number of carbonyl (C=O) groups excluding carboxylic acids is 1. The summed E-state index contributed by atoms with van der Waals surface area (Å²) < 4.78 is 34.0. The molecule has 0 aliphatic carbocycles. The second kappa shape index (κ2) is 4.57. The van der Waals surface area contributed by atoms with Crippen LogP contribution in [-0.4, -0.2) is 17.9 Å². The summed E-state index contributed by atoms with van der Waals surface area (Å²) in [6, 6.07) is 5.70. The van der Waals surface area contributed by atoms with Crippen molar-refractivity contribution in [1.82, 2.24) is 0 Å². The largest absolute Gasteiger partial charge is 0.497 e. The van der Waals surface area contributed by atoms with Crippen molar-refractivity contribution in [3.63, 3.8) is 0 Å². The topological polar surface area (TPSA) is 35.5 Å². The molecule has 0 spiro atoms. The maximum atomic E-state index is 12.4. The van der Waals surface area contributed by atoms with Crippen LogP contribution in [0.1, 0.15) is 0 Å². The van der Waals surface area contributed by atoms with Crippen molar-refractivity contribution < 1.29 is 23.0 Å². The molecule has 0 radical (unpaired) electrons. The predicted octanol–water partition coefficient (Wildman–Crippen LogP) is 2.59. The number of alkyl halides is 3. The average Bonchev–Trinajstić information content (AvgIpc) is 2.17. The highest BCUT2D eigenvalue weighted by Crippen LogP contribution is 2.25. The van der Waals surface area contributed by atoms with Crippen LogP contribution in [-0.2, 0) is 4.79 Å². The third-order valence-corrected chi connectivity index (χ3v) is 1.83. The van der Waals surface area contributed by atoms with Crippen LogP contribution in [0.25, 0.3) is 0 Å². The number of benzene rings is 1. The smallest absolute Gasteiger partial charge is 0.396 e. The number of carbonyl (C=O) groups is 1. The van der Waals surface area contributed by atoms with Gasteiger partial charge in [-0.3, -0.25) is 0 Å². The van der Waals surface area contributed by atoms with Crippen LogP contribution in [0.3, 0.4) is 0 Å². The lowest BCUT2D eigenvalue weighted by Crippen LogP contribution is -2.26. The van der Waals surface area contributed by atoms with Gasteiger partial charge in [0.2, 0.25) is 0 Å². The minimum absolute atomic E-state index is 0.0277. The fourth-order valence-corrected chi connectivity index (χ4v) is 0.890. The molecular weight excluding hydrogens is 274 g/mol. The van der Waals surface area contributed by atoms with Gasteiger partial charge in [-0.25, -0.2) is 4.79 Å². The van der Waals surface area contributed by atoms with Gasteiger partial charge in [-0.2, -0.15) is 8.78 Å². The minimum atomic E-state index is -3.67. The van der Waals surface area contributed by atoms with E-state index in [1.807, 2.05) is 15.9 Å². The Hall–Kier alpha value is -1.17. The highest BCUT2D eigenvalue weighted by Gasteiger charge is 2.37. The van der Waals surface area contributed by atoms with Crippen LogP contribution < -0.4 is 9.47 Å². The third kappa shape index (κ3) is 3.47. The van der Waals surface area contributed by atoms with Crippen LogP contribution in [0.5, 0.6) is 11.5 Å². The van der Waals surface area contributed by atoms with Gasteiger partial charge in [0.25, 0.3) is 0 Å². The first kappa shape index (κ1) is 11.9. The molecule has 0 amide bonds. The molecule has 1 rings (SSSR count). The van der Waals surface area contributed by atoms with Crippen LogP contribution >= 0.6 is 15.9 Å². The van der Waals surface area contributed by atoms with E-state index in [2.05, 4.69) is 4.74 Å². The molecule has 0 N–H and O–H groups in total. The van der Waals surface area contributed by atoms with Crippen molar-refractivity contribution in [3.8, 4) is 11.5 Å². The highest BCUT2D eigenvalue weighted by molar-refractivity contribution is 9.10. The summed E-state index contributed by atoms with van der Waals surface area (Å²) in [5, 5.41) is 0. The molecule has 0 unspecified atom stereocenters. The quantitative estimate of drug-likeness (QED) is 0.485. The lowest BCUT2D eigenvalue weighted by Gasteiger charge is -2.08. The normalized spacial score (nSPS) is 10.9. The molecule has 0 aromatic heterocycles. The SMILES string of the molecule is COc1ccc(OC(=O)C(F)(F)Br)cc1. The van der Waals surface area contributed by atoms with Crippen molar-refractivity contribution in [2.24, 2.45) is 0 Å². The van der Waals surface area contributed by atoms with E-state index in [1.54, 1.807) is 0 Å². The number of hydrogen-bond acceptors (Lipinski definition) is 3. The van der Waals surface area contributed by atoms with Crippen LogP contribution in [0, 0.1) is 0 Å². The van der Waals surface area contributed by atoms with Gasteiger partial charge in [0.15, 0.2) is 0 Å². The zero-order valence-electron chi connectivity index (χ0n) is 7.67.